The lowest BCUT2D eigenvalue weighted by Gasteiger charge is -2.29. The molecule has 0 spiro atoms. The first-order valence-electron chi connectivity index (χ1n) is 10.3. The van der Waals surface area contributed by atoms with E-state index in [0.29, 0.717) is 12.6 Å². The van der Waals surface area contributed by atoms with E-state index < -0.39 is 0 Å². The van der Waals surface area contributed by atoms with Gasteiger partial charge in [0.2, 0.25) is 0 Å². The van der Waals surface area contributed by atoms with Crippen LogP contribution in [-0.4, -0.2) is 44.7 Å². The van der Waals surface area contributed by atoms with Crippen LogP contribution < -0.4 is 16.1 Å². The van der Waals surface area contributed by atoms with Gasteiger partial charge >= 0.3 is 0 Å². The van der Waals surface area contributed by atoms with Gasteiger partial charge < -0.3 is 20.4 Å². The number of hydrogen-bond acceptors (Lipinski definition) is 5. The van der Waals surface area contributed by atoms with Crippen LogP contribution in [0.2, 0.25) is 0 Å². The van der Waals surface area contributed by atoms with Crippen LogP contribution in [0.5, 0.6) is 0 Å². The lowest BCUT2D eigenvalue weighted by molar-refractivity contribution is 0.101. The summed E-state index contributed by atoms with van der Waals surface area (Å²) in [5.41, 5.74) is 9.05. The van der Waals surface area contributed by atoms with E-state index in [-0.39, 0.29) is 0 Å². The summed E-state index contributed by atoms with van der Waals surface area (Å²) in [5, 5.41) is 7.25. The Morgan fingerprint density at radius 2 is 2.07 bits per heavy atom. The highest BCUT2D eigenvalue weighted by atomic mass is 16.6. The van der Waals surface area contributed by atoms with E-state index in [1.54, 1.807) is 7.11 Å². The van der Waals surface area contributed by atoms with Gasteiger partial charge in [-0.05, 0) is 67.0 Å². The third-order valence-corrected chi connectivity index (χ3v) is 5.00. The van der Waals surface area contributed by atoms with Crippen LogP contribution in [-0.2, 0) is 11.4 Å². The molecule has 0 saturated carbocycles. The summed E-state index contributed by atoms with van der Waals surface area (Å²) in [6, 6.07) is 5.05. The molecule has 0 bridgehead atoms. The molecule has 1 aromatic carbocycles. The Morgan fingerprint density at radius 1 is 1.32 bits per heavy atom. The molecule has 0 aliphatic carbocycles. The van der Waals surface area contributed by atoms with Crippen LogP contribution in [0.1, 0.15) is 43.4 Å². The molecule has 1 aromatic rings. The number of nitrogens with one attached hydrogen (secondary N) is 3. The van der Waals surface area contributed by atoms with Crippen molar-refractivity contribution in [2.24, 2.45) is 0 Å². The highest BCUT2D eigenvalue weighted by Gasteiger charge is 2.19. The number of hydroxylamine groups is 1. The molecular formula is C23H36N4O. The van der Waals surface area contributed by atoms with Crippen molar-refractivity contribution in [3.8, 4) is 0 Å². The molecule has 2 heterocycles. The summed E-state index contributed by atoms with van der Waals surface area (Å²) in [6.45, 7) is 11.7. The minimum Gasteiger partial charge on any atom is -0.382 e. The Morgan fingerprint density at radius 3 is 2.75 bits per heavy atom. The fraction of sp³-hybridized carbons (Fsp3) is 0.478. The third-order valence-electron chi connectivity index (χ3n) is 5.00. The number of fused-ring (bicyclic) bond motifs is 1. The van der Waals surface area contributed by atoms with Crippen molar-refractivity contribution >= 4 is 17.3 Å². The summed E-state index contributed by atoms with van der Waals surface area (Å²) >= 11 is 0. The zero-order valence-electron chi connectivity index (χ0n) is 17.8. The molecule has 0 radical (unpaired) electrons. The van der Waals surface area contributed by atoms with E-state index in [1.807, 2.05) is 19.9 Å². The Labute approximate surface area is 170 Å². The zero-order chi connectivity index (χ0) is 20.4. The van der Waals surface area contributed by atoms with Gasteiger partial charge in [0.25, 0.3) is 0 Å². The quantitative estimate of drug-likeness (QED) is 0.377. The van der Waals surface area contributed by atoms with Gasteiger partial charge in [-0.25, -0.2) is 0 Å². The molecular weight excluding hydrogens is 348 g/mol. The van der Waals surface area contributed by atoms with E-state index >= 15 is 0 Å². The molecule has 5 nitrogen and oxygen atoms in total. The lowest BCUT2D eigenvalue weighted by Crippen LogP contribution is -2.35. The molecule has 1 saturated heterocycles. The molecule has 2 aliphatic heterocycles. The van der Waals surface area contributed by atoms with Crippen molar-refractivity contribution in [2.75, 3.05) is 39.1 Å². The van der Waals surface area contributed by atoms with Gasteiger partial charge in [0, 0.05) is 37.4 Å². The average Bonchev–Trinajstić information content (AvgIpc) is 2.74. The highest BCUT2D eigenvalue weighted by Crippen LogP contribution is 2.32. The van der Waals surface area contributed by atoms with Gasteiger partial charge in [-0.2, -0.15) is 5.48 Å². The van der Waals surface area contributed by atoms with Gasteiger partial charge in [0.05, 0.1) is 7.11 Å². The standard InChI is InChI=1S/C21H30N4O.C2H6/c1-4-16(5-11-23-26-3)18-13-17-8-12-25(2)15-20(17)21(14-18)24-19-6-9-22-10-7-19;1-2/h4-5,8,12-14,19,22-24H,1,6-7,9-11,15H2,2-3H3;1-2H3/b16-5+;. The van der Waals surface area contributed by atoms with Crippen molar-refractivity contribution in [3.63, 3.8) is 0 Å². The summed E-state index contributed by atoms with van der Waals surface area (Å²) in [6.07, 6.45) is 10.7. The van der Waals surface area contributed by atoms with Crippen molar-refractivity contribution in [3.05, 3.63) is 53.8 Å². The Bertz CT molecular complexity index is 690. The summed E-state index contributed by atoms with van der Waals surface area (Å²) in [7, 11) is 3.75. The molecule has 5 heteroatoms. The normalized spacial score (nSPS) is 16.9. The number of allylic oxidation sites excluding steroid dienone is 2. The number of nitrogens with zero attached hydrogens (tertiary/aromatic N) is 1. The maximum absolute atomic E-state index is 4.94. The first kappa shape index (κ1) is 22.2. The molecule has 0 amide bonds. The van der Waals surface area contributed by atoms with Gasteiger partial charge in [0.15, 0.2) is 0 Å². The number of benzene rings is 1. The predicted octanol–water partition coefficient (Wildman–Crippen LogP) is 4.01. The summed E-state index contributed by atoms with van der Waals surface area (Å²) in [4.78, 5) is 7.16. The SMILES string of the molecule is C=C/C(=C\CNOC)c1cc2c(c(NC3CCNCC3)c1)CN(C)C=C2.CC. The third kappa shape index (κ3) is 5.96. The molecule has 0 atom stereocenters. The van der Waals surface area contributed by atoms with Crippen LogP contribution in [0, 0.1) is 0 Å². The van der Waals surface area contributed by atoms with Crippen molar-refractivity contribution in [1.29, 1.82) is 0 Å². The number of hydrogen-bond donors (Lipinski definition) is 3. The molecule has 28 heavy (non-hydrogen) atoms. The summed E-state index contributed by atoms with van der Waals surface area (Å²) in [5.74, 6) is 0. The fourth-order valence-electron chi connectivity index (χ4n) is 3.56. The average molecular weight is 385 g/mol. The van der Waals surface area contributed by atoms with Gasteiger partial charge in [-0.1, -0.05) is 32.6 Å². The van der Waals surface area contributed by atoms with E-state index in [9.17, 15) is 0 Å². The monoisotopic (exact) mass is 384 g/mol. The highest BCUT2D eigenvalue weighted by molar-refractivity contribution is 5.80. The van der Waals surface area contributed by atoms with E-state index in [0.717, 1.165) is 38.0 Å². The molecule has 0 unspecified atom stereocenters. The first-order valence-corrected chi connectivity index (χ1v) is 10.3. The van der Waals surface area contributed by atoms with Crippen LogP contribution in [0.4, 0.5) is 5.69 Å². The maximum atomic E-state index is 4.94. The largest absolute Gasteiger partial charge is 0.382 e. The van der Waals surface area contributed by atoms with Crippen LogP contribution in [0.25, 0.3) is 11.6 Å². The first-order chi connectivity index (χ1) is 13.7. The zero-order valence-corrected chi connectivity index (χ0v) is 17.8. The number of rotatable bonds is 7. The maximum Gasteiger partial charge on any atom is 0.0572 e. The second-order valence-corrected chi connectivity index (χ2v) is 6.91. The Hall–Kier alpha value is -2.08. The van der Waals surface area contributed by atoms with Gasteiger partial charge in [-0.3, -0.25) is 0 Å². The molecule has 154 valence electrons. The second-order valence-electron chi connectivity index (χ2n) is 6.91. The van der Waals surface area contributed by atoms with Crippen LogP contribution in [0.15, 0.2) is 37.1 Å². The summed E-state index contributed by atoms with van der Waals surface area (Å²) < 4.78 is 0. The Balaban J connectivity index is 0.00000136. The predicted molar refractivity (Wildman–Crippen MR) is 121 cm³/mol. The van der Waals surface area contributed by atoms with Crippen LogP contribution in [0.3, 0.4) is 0 Å². The molecule has 3 N–H and O–H groups in total. The smallest absolute Gasteiger partial charge is 0.0572 e. The Kier molecular flexibility index (Phi) is 9.28. The van der Waals surface area contributed by atoms with Gasteiger partial charge in [-0.15, -0.1) is 0 Å². The minimum atomic E-state index is 0.526. The van der Waals surface area contributed by atoms with E-state index in [4.69, 9.17) is 4.84 Å². The molecule has 1 fully saturated rings. The second kappa shape index (κ2) is 11.7. The van der Waals surface area contributed by atoms with Gasteiger partial charge in [0.1, 0.15) is 0 Å². The van der Waals surface area contributed by atoms with Crippen molar-refractivity contribution < 1.29 is 4.84 Å². The molecule has 2 aliphatic rings. The van der Waals surface area contributed by atoms with Crippen molar-refractivity contribution in [2.45, 2.75) is 39.3 Å². The lowest BCUT2D eigenvalue weighted by atomic mass is 9.94. The molecule has 0 aromatic heterocycles. The number of piperidine rings is 1. The van der Waals surface area contributed by atoms with Crippen LogP contribution >= 0.6 is 0 Å². The van der Waals surface area contributed by atoms with E-state index in [1.165, 1.54) is 22.4 Å². The topological polar surface area (TPSA) is 48.6 Å². The fourth-order valence-corrected chi connectivity index (χ4v) is 3.56. The van der Waals surface area contributed by atoms with Crippen molar-refractivity contribution in [1.82, 2.24) is 15.7 Å². The molecule has 3 rings (SSSR count). The number of anilines is 1. The van der Waals surface area contributed by atoms with E-state index in [2.05, 4.69) is 65.1 Å². The minimum absolute atomic E-state index is 0.526.